The van der Waals surface area contributed by atoms with E-state index in [0.29, 0.717) is 11.4 Å². The van der Waals surface area contributed by atoms with Crippen LogP contribution in [0.25, 0.3) is 0 Å². The number of nitrogens with zero attached hydrogens (tertiary/aromatic N) is 3. The summed E-state index contributed by atoms with van der Waals surface area (Å²) in [5, 5.41) is 0. The fraction of sp³-hybridized carbons (Fsp3) is 0.200. The van der Waals surface area contributed by atoms with Crippen LogP contribution in [0.15, 0.2) is 42.6 Å². The number of amides is 1. The van der Waals surface area contributed by atoms with Crippen LogP contribution in [0.2, 0.25) is 0 Å². The number of anilines is 3. The van der Waals surface area contributed by atoms with Gasteiger partial charge >= 0.3 is 0 Å². The summed E-state index contributed by atoms with van der Waals surface area (Å²) in [4.78, 5) is 20.1. The molecule has 3 rings (SSSR count). The number of fused-ring (bicyclic) bond motifs is 2. The Morgan fingerprint density at radius 2 is 1.90 bits per heavy atom. The van der Waals surface area contributed by atoms with Gasteiger partial charge in [0.15, 0.2) is 0 Å². The van der Waals surface area contributed by atoms with Crippen LogP contribution < -0.4 is 9.80 Å². The lowest BCUT2D eigenvalue weighted by Crippen LogP contribution is -2.25. The van der Waals surface area contributed by atoms with Gasteiger partial charge in [-0.15, -0.1) is 0 Å². The molecule has 1 amide bonds. The van der Waals surface area contributed by atoms with E-state index in [1.54, 1.807) is 35.2 Å². The Morgan fingerprint density at radius 3 is 2.65 bits per heavy atom. The van der Waals surface area contributed by atoms with Crippen molar-refractivity contribution in [2.24, 2.45) is 0 Å². The van der Waals surface area contributed by atoms with Gasteiger partial charge in [0.05, 0.1) is 23.5 Å². The molecule has 1 aliphatic heterocycles. The van der Waals surface area contributed by atoms with Gasteiger partial charge < -0.3 is 9.80 Å². The van der Waals surface area contributed by atoms with Crippen LogP contribution in [-0.2, 0) is 0 Å². The maximum absolute atomic E-state index is 12.9. The van der Waals surface area contributed by atoms with Crippen LogP contribution in [-0.4, -0.2) is 31.2 Å². The predicted octanol–water partition coefficient (Wildman–Crippen LogP) is 2.78. The number of hydrogen-bond donors (Lipinski definition) is 0. The molecule has 0 saturated heterocycles. The van der Waals surface area contributed by atoms with E-state index in [-0.39, 0.29) is 12.5 Å². The van der Waals surface area contributed by atoms with Crippen molar-refractivity contribution in [1.29, 1.82) is 0 Å². The predicted molar refractivity (Wildman–Crippen MR) is 76.4 cm³/mol. The molecule has 0 saturated carbocycles. The van der Waals surface area contributed by atoms with Crippen molar-refractivity contribution in [3.8, 4) is 0 Å². The number of aromatic nitrogens is 1. The van der Waals surface area contributed by atoms with E-state index in [4.69, 9.17) is 0 Å². The molecule has 2 aromatic rings. The normalized spacial score (nSPS) is 13.8. The van der Waals surface area contributed by atoms with Crippen LogP contribution in [0, 0.1) is 0 Å². The summed E-state index contributed by atoms with van der Waals surface area (Å²) in [6, 6.07) is 10.9. The van der Waals surface area contributed by atoms with E-state index in [2.05, 4.69) is 4.98 Å². The SMILES string of the molecule is CN1C(=O)c2cccnc2N(CCF)c2ccccc21. The van der Waals surface area contributed by atoms with Gasteiger partial charge in [-0.1, -0.05) is 12.1 Å². The van der Waals surface area contributed by atoms with Crippen molar-refractivity contribution < 1.29 is 9.18 Å². The number of alkyl halides is 1. The van der Waals surface area contributed by atoms with Gasteiger partial charge in [0.1, 0.15) is 12.5 Å². The first-order chi connectivity index (χ1) is 9.74. The third kappa shape index (κ3) is 1.82. The summed E-state index contributed by atoms with van der Waals surface area (Å²) in [7, 11) is 1.72. The minimum Gasteiger partial charge on any atom is -0.321 e. The molecule has 0 N–H and O–H groups in total. The van der Waals surface area contributed by atoms with Crippen molar-refractivity contribution in [3.63, 3.8) is 0 Å². The zero-order chi connectivity index (χ0) is 14.1. The maximum atomic E-state index is 12.9. The Hall–Kier alpha value is -2.43. The number of para-hydroxylation sites is 2. The summed E-state index contributed by atoms with van der Waals surface area (Å²) >= 11 is 0. The van der Waals surface area contributed by atoms with Crippen molar-refractivity contribution in [1.82, 2.24) is 4.98 Å². The van der Waals surface area contributed by atoms with Gasteiger partial charge in [-0.3, -0.25) is 4.79 Å². The zero-order valence-electron chi connectivity index (χ0n) is 11.1. The van der Waals surface area contributed by atoms with Crippen LogP contribution in [0.1, 0.15) is 10.4 Å². The highest BCUT2D eigenvalue weighted by Gasteiger charge is 2.29. The van der Waals surface area contributed by atoms with E-state index in [9.17, 15) is 9.18 Å². The Balaban J connectivity index is 2.27. The number of halogens is 1. The molecule has 0 radical (unpaired) electrons. The number of carbonyl (C=O) groups excluding carboxylic acids is 1. The Bertz CT molecular complexity index is 659. The maximum Gasteiger partial charge on any atom is 0.261 e. The quantitative estimate of drug-likeness (QED) is 0.842. The largest absolute Gasteiger partial charge is 0.321 e. The number of benzene rings is 1. The van der Waals surface area contributed by atoms with Crippen LogP contribution in [0.4, 0.5) is 21.6 Å². The molecule has 20 heavy (non-hydrogen) atoms. The van der Waals surface area contributed by atoms with Gasteiger partial charge in [-0.2, -0.15) is 0 Å². The minimum atomic E-state index is -0.512. The van der Waals surface area contributed by atoms with Gasteiger partial charge in [-0.05, 0) is 24.3 Å². The first-order valence-electron chi connectivity index (χ1n) is 6.39. The lowest BCUT2D eigenvalue weighted by molar-refractivity contribution is 0.0994. The number of carbonyl (C=O) groups is 1. The molecule has 102 valence electrons. The van der Waals surface area contributed by atoms with Gasteiger partial charge in [0, 0.05) is 13.2 Å². The first kappa shape index (κ1) is 12.6. The molecule has 0 bridgehead atoms. The fourth-order valence-corrected chi connectivity index (χ4v) is 2.47. The molecule has 1 aromatic carbocycles. The second-order valence-corrected chi connectivity index (χ2v) is 4.57. The molecule has 1 aromatic heterocycles. The zero-order valence-corrected chi connectivity index (χ0v) is 11.1. The fourth-order valence-electron chi connectivity index (χ4n) is 2.47. The van der Waals surface area contributed by atoms with Gasteiger partial charge in [0.2, 0.25) is 0 Å². The van der Waals surface area contributed by atoms with Gasteiger partial charge in [0.25, 0.3) is 5.91 Å². The molecule has 0 spiro atoms. The monoisotopic (exact) mass is 271 g/mol. The summed E-state index contributed by atoms with van der Waals surface area (Å²) in [5.74, 6) is 0.369. The highest BCUT2D eigenvalue weighted by atomic mass is 19.1. The molecule has 0 fully saturated rings. The topological polar surface area (TPSA) is 36.4 Å². The highest BCUT2D eigenvalue weighted by molar-refractivity contribution is 6.12. The molecule has 4 nitrogen and oxygen atoms in total. The lowest BCUT2D eigenvalue weighted by atomic mass is 10.2. The van der Waals surface area contributed by atoms with Crippen molar-refractivity contribution in [2.75, 3.05) is 30.1 Å². The summed E-state index contributed by atoms with van der Waals surface area (Å²) in [6.07, 6.45) is 1.62. The Morgan fingerprint density at radius 1 is 1.15 bits per heavy atom. The van der Waals surface area contributed by atoms with E-state index in [1.807, 2.05) is 24.3 Å². The highest BCUT2D eigenvalue weighted by Crippen LogP contribution is 2.38. The van der Waals surface area contributed by atoms with Crippen LogP contribution in [0.5, 0.6) is 0 Å². The van der Waals surface area contributed by atoms with Crippen LogP contribution in [0.3, 0.4) is 0 Å². The van der Waals surface area contributed by atoms with E-state index < -0.39 is 6.67 Å². The molecular weight excluding hydrogens is 257 g/mol. The second kappa shape index (κ2) is 4.92. The third-order valence-corrected chi connectivity index (χ3v) is 3.42. The number of hydrogen-bond acceptors (Lipinski definition) is 3. The average molecular weight is 271 g/mol. The van der Waals surface area contributed by atoms with E-state index >= 15 is 0 Å². The smallest absolute Gasteiger partial charge is 0.261 e. The summed E-state index contributed by atoms with van der Waals surface area (Å²) < 4.78 is 12.9. The first-order valence-corrected chi connectivity index (χ1v) is 6.39. The second-order valence-electron chi connectivity index (χ2n) is 4.57. The molecule has 0 atom stereocenters. The summed E-state index contributed by atoms with van der Waals surface area (Å²) in [6.45, 7) is -0.343. The number of pyridine rings is 1. The minimum absolute atomic E-state index is 0.137. The van der Waals surface area contributed by atoms with Crippen molar-refractivity contribution in [2.45, 2.75) is 0 Å². The van der Waals surface area contributed by atoms with Crippen LogP contribution >= 0.6 is 0 Å². The van der Waals surface area contributed by atoms with Crippen molar-refractivity contribution >= 4 is 23.1 Å². The number of rotatable bonds is 2. The summed E-state index contributed by atoms with van der Waals surface area (Å²) in [5.41, 5.74) is 2.03. The Kier molecular flexibility index (Phi) is 3.10. The lowest BCUT2D eigenvalue weighted by Gasteiger charge is -2.24. The molecule has 2 heterocycles. The van der Waals surface area contributed by atoms with E-state index in [1.165, 1.54) is 0 Å². The Labute approximate surface area is 116 Å². The van der Waals surface area contributed by atoms with Crippen molar-refractivity contribution in [3.05, 3.63) is 48.2 Å². The standard InChI is InChI=1S/C15H14FN3O/c1-18-12-6-2-3-7-13(12)19(10-8-16)14-11(15(18)20)5-4-9-17-14/h2-7,9H,8,10H2,1H3. The molecule has 5 heteroatoms. The molecule has 0 unspecified atom stereocenters. The third-order valence-electron chi connectivity index (χ3n) is 3.42. The molecule has 0 aliphatic carbocycles. The molecular formula is C15H14FN3O. The van der Waals surface area contributed by atoms with E-state index in [0.717, 1.165) is 11.4 Å². The van der Waals surface area contributed by atoms with Gasteiger partial charge in [-0.25, -0.2) is 9.37 Å². The average Bonchev–Trinajstić information content (AvgIpc) is 2.58. The molecule has 1 aliphatic rings.